The molecule has 19 heavy (non-hydrogen) atoms. The van der Waals surface area contributed by atoms with Crippen molar-refractivity contribution in [3.63, 3.8) is 0 Å². The van der Waals surface area contributed by atoms with E-state index >= 15 is 0 Å². The zero-order chi connectivity index (χ0) is 15.1. The fourth-order valence-electron chi connectivity index (χ4n) is 0.930. The van der Waals surface area contributed by atoms with Crippen molar-refractivity contribution < 1.29 is 16.8 Å². The minimum absolute atomic E-state index is 0.0358. The van der Waals surface area contributed by atoms with Crippen LogP contribution in [0.2, 0.25) is 5.02 Å². The van der Waals surface area contributed by atoms with Gasteiger partial charge in [0.05, 0.1) is 13.6 Å². The molecule has 0 aliphatic heterocycles. The second-order valence-corrected chi connectivity index (χ2v) is 12.0. The molecule has 0 saturated carbocycles. The van der Waals surface area contributed by atoms with Gasteiger partial charge in [0.15, 0.2) is 9.84 Å². The van der Waals surface area contributed by atoms with Gasteiger partial charge in [-0.05, 0) is 35.8 Å². The summed E-state index contributed by atoms with van der Waals surface area (Å²) in [6.45, 7) is 2.71. The summed E-state index contributed by atoms with van der Waals surface area (Å²) in [7, 11) is -7.13. The third-order valence-electron chi connectivity index (χ3n) is 2.58. The van der Waals surface area contributed by atoms with Crippen LogP contribution in [-0.4, -0.2) is 34.4 Å². The number of thiophene rings is 1. The summed E-state index contributed by atoms with van der Waals surface area (Å²) >= 11 is 9.87. The van der Waals surface area contributed by atoms with Gasteiger partial charge in [0.25, 0.3) is 0 Å². The highest BCUT2D eigenvalue weighted by molar-refractivity contribution is 9.11. The van der Waals surface area contributed by atoms with Crippen LogP contribution < -0.4 is 4.72 Å². The highest BCUT2D eigenvalue weighted by Crippen LogP contribution is 2.34. The van der Waals surface area contributed by atoms with Gasteiger partial charge >= 0.3 is 0 Å². The van der Waals surface area contributed by atoms with Gasteiger partial charge in [-0.25, -0.2) is 21.6 Å². The molecule has 0 bridgehead atoms. The Morgan fingerprint density at radius 2 is 1.89 bits per heavy atom. The number of hydrogen-bond donors (Lipinski definition) is 1. The van der Waals surface area contributed by atoms with Crippen molar-refractivity contribution in [2.45, 2.75) is 22.8 Å². The largest absolute Gasteiger partial charge is 0.250 e. The Labute approximate surface area is 130 Å². The normalized spacial score (nSPS) is 13.7. The van der Waals surface area contributed by atoms with E-state index in [4.69, 9.17) is 11.6 Å². The molecule has 0 aliphatic carbocycles. The Morgan fingerprint density at radius 1 is 1.37 bits per heavy atom. The lowest BCUT2D eigenvalue weighted by molar-refractivity contribution is 0.537. The van der Waals surface area contributed by atoms with Gasteiger partial charge in [0, 0.05) is 12.8 Å². The Balaban J connectivity index is 2.94. The number of sulfone groups is 1. The summed E-state index contributed by atoms with van der Waals surface area (Å²) in [4.78, 5) is 0. The molecule has 10 heteroatoms. The van der Waals surface area contributed by atoms with Crippen LogP contribution in [0.5, 0.6) is 0 Å². The van der Waals surface area contributed by atoms with Crippen molar-refractivity contribution in [1.82, 2.24) is 4.72 Å². The van der Waals surface area contributed by atoms with E-state index in [9.17, 15) is 16.8 Å². The molecule has 0 aromatic carbocycles. The van der Waals surface area contributed by atoms with Crippen LogP contribution in [-0.2, 0) is 19.9 Å². The van der Waals surface area contributed by atoms with Crippen molar-refractivity contribution in [1.29, 1.82) is 0 Å². The molecule has 0 amide bonds. The lowest BCUT2D eigenvalue weighted by atomic mass is 10.2. The fourth-order valence-corrected chi connectivity index (χ4v) is 5.01. The van der Waals surface area contributed by atoms with E-state index in [0.717, 1.165) is 17.6 Å². The quantitative estimate of drug-likeness (QED) is 0.807. The molecule has 110 valence electrons. The van der Waals surface area contributed by atoms with Crippen LogP contribution >= 0.6 is 38.9 Å². The molecule has 0 aliphatic rings. The van der Waals surface area contributed by atoms with Gasteiger partial charge in [-0.2, -0.15) is 0 Å². The molecular formula is C9H13BrClNO4S3. The number of halogens is 2. The molecule has 1 aromatic heterocycles. The lowest BCUT2D eigenvalue weighted by Gasteiger charge is -2.22. The van der Waals surface area contributed by atoms with Gasteiger partial charge in [-0.3, -0.25) is 0 Å². The average molecular weight is 411 g/mol. The number of nitrogens with one attached hydrogen (secondary N) is 1. The molecule has 0 fully saturated rings. The summed E-state index contributed by atoms with van der Waals surface area (Å²) in [5.74, 6) is 0. The van der Waals surface area contributed by atoms with Gasteiger partial charge in [-0.1, -0.05) is 11.6 Å². The highest BCUT2D eigenvalue weighted by Gasteiger charge is 2.32. The topological polar surface area (TPSA) is 80.3 Å². The fraction of sp³-hybridized carbons (Fsp3) is 0.556. The lowest BCUT2D eigenvalue weighted by Crippen LogP contribution is -2.43. The highest BCUT2D eigenvalue weighted by atomic mass is 79.9. The molecule has 0 radical (unpaired) electrons. The number of hydrogen-bond acceptors (Lipinski definition) is 5. The average Bonchev–Trinajstić information content (AvgIpc) is 2.56. The monoisotopic (exact) mass is 409 g/mol. The van der Waals surface area contributed by atoms with Gasteiger partial charge in [0.1, 0.15) is 4.21 Å². The smallest absolute Gasteiger partial charge is 0.229 e. The standard InChI is InChI=1S/C9H13BrClNO4S3/c1-9(2,18(3,13)14)5-12-19(15,16)7-4-6(11)8(10)17-7/h4,12H,5H2,1-3H3. The second-order valence-electron chi connectivity index (χ2n) is 4.54. The maximum atomic E-state index is 12.0. The predicted molar refractivity (Wildman–Crippen MR) is 81.1 cm³/mol. The van der Waals surface area contributed by atoms with E-state index < -0.39 is 24.6 Å². The first-order chi connectivity index (χ1) is 8.37. The first-order valence-electron chi connectivity index (χ1n) is 5.01. The van der Waals surface area contributed by atoms with E-state index in [1.165, 1.54) is 19.9 Å². The van der Waals surface area contributed by atoms with E-state index in [0.29, 0.717) is 8.81 Å². The summed E-state index contributed by atoms with van der Waals surface area (Å²) < 4.78 is 48.7. The van der Waals surface area contributed by atoms with Crippen molar-refractivity contribution in [3.8, 4) is 0 Å². The van der Waals surface area contributed by atoms with E-state index in [1.54, 1.807) is 0 Å². The Morgan fingerprint density at radius 3 is 2.26 bits per heavy atom. The maximum Gasteiger partial charge on any atom is 0.250 e. The zero-order valence-corrected chi connectivity index (χ0v) is 15.2. The van der Waals surface area contributed by atoms with Gasteiger partial charge in [-0.15, -0.1) is 11.3 Å². The van der Waals surface area contributed by atoms with E-state index in [2.05, 4.69) is 20.7 Å². The third-order valence-corrected chi connectivity index (χ3v) is 9.08. The van der Waals surface area contributed by atoms with Crippen LogP contribution in [0.15, 0.2) is 14.1 Å². The summed E-state index contributed by atoms with van der Waals surface area (Å²) in [6.07, 6.45) is 1.07. The summed E-state index contributed by atoms with van der Waals surface area (Å²) in [5, 5.41) is 0.299. The zero-order valence-electron chi connectivity index (χ0n) is 10.4. The van der Waals surface area contributed by atoms with Crippen molar-refractivity contribution in [2.24, 2.45) is 0 Å². The molecule has 0 saturated heterocycles. The van der Waals surface area contributed by atoms with Crippen LogP contribution in [0.1, 0.15) is 13.8 Å². The number of rotatable bonds is 5. The Hall–Kier alpha value is 0.330. The SMILES string of the molecule is CC(C)(CNS(=O)(=O)c1cc(Cl)c(Br)s1)S(C)(=O)=O. The Bertz CT molecular complexity index is 659. The first kappa shape index (κ1) is 17.4. The first-order valence-corrected chi connectivity index (χ1v) is 10.4. The maximum absolute atomic E-state index is 12.0. The van der Waals surface area contributed by atoms with Crippen molar-refractivity contribution in [3.05, 3.63) is 14.9 Å². The van der Waals surface area contributed by atoms with Crippen molar-refractivity contribution >= 4 is 58.7 Å². The number of sulfonamides is 1. The summed E-state index contributed by atoms with van der Waals surface area (Å²) in [5.41, 5.74) is 0. The molecule has 0 unspecified atom stereocenters. The third kappa shape index (κ3) is 4.15. The molecule has 1 aromatic rings. The molecule has 1 heterocycles. The van der Waals surface area contributed by atoms with Crippen molar-refractivity contribution in [2.75, 3.05) is 12.8 Å². The molecule has 5 nitrogen and oxygen atoms in total. The van der Waals surface area contributed by atoms with E-state index in [1.807, 2.05) is 0 Å². The molecule has 0 spiro atoms. The molecule has 0 atom stereocenters. The van der Waals surface area contributed by atoms with Crippen LogP contribution in [0.25, 0.3) is 0 Å². The minimum Gasteiger partial charge on any atom is -0.229 e. The molecule has 1 N–H and O–H groups in total. The van der Waals surface area contributed by atoms with Crippen LogP contribution in [0, 0.1) is 0 Å². The molecule has 1 rings (SSSR count). The van der Waals surface area contributed by atoms with Crippen LogP contribution in [0.3, 0.4) is 0 Å². The Kier molecular flexibility index (Phi) is 5.13. The van der Waals surface area contributed by atoms with Gasteiger partial charge in [0.2, 0.25) is 10.0 Å². The van der Waals surface area contributed by atoms with Gasteiger partial charge < -0.3 is 0 Å². The minimum atomic E-state index is -3.77. The van der Waals surface area contributed by atoms with Crippen LogP contribution in [0.4, 0.5) is 0 Å². The summed E-state index contributed by atoms with van der Waals surface area (Å²) in [6, 6.07) is 1.31. The second kappa shape index (κ2) is 5.61. The predicted octanol–water partition coefficient (Wildman–Crippen LogP) is 2.27. The van der Waals surface area contributed by atoms with E-state index in [-0.39, 0.29) is 10.8 Å². The molecular weight excluding hydrogens is 398 g/mol.